The number of aliphatic hydroxyl groups is 1. The fraction of sp³-hybridized carbons (Fsp3) is 0.200. The van der Waals surface area contributed by atoms with E-state index in [-0.39, 0.29) is 16.7 Å². The number of halogens is 6. The molecule has 0 bridgehead atoms. The van der Waals surface area contributed by atoms with Crippen molar-refractivity contribution >= 4 is 0 Å². The zero-order chi connectivity index (χ0) is 17.3. The molecule has 0 saturated heterocycles. The van der Waals surface area contributed by atoms with Crippen LogP contribution in [0.25, 0.3) is 11.1 Å². The first-order valence-corrected chi connectivity index (χ1v) is 6.28. The summed E-state index contributed by atoms with van der Waals surface area (Å²) in [6, 6.07) is 7.46. The Morgan fingerprint density at radius 3 is 2.09 bits per heavy atom. The molecule has 8 heteroatoms. The molecule has 0 aromatic heterocycles. The van der Waals surface area contributed by atoms with Gasteiger partial charge in [-0.25, -0.2) is 0 Å². The van der Waals surface area contributed by atoms with Gasteiger partial charge in [0.15, 0.2) is 0 Å². The highest BCUT2D eigenvalue weighted by Gasteiger charge is 2.33. The van der Waals surface area contributed by atoms with E-state index in [1.54, 1.807) is 0 Å². The Labute approximate surface area is 126 Å². The third kappa shape index (κ3) is 4.16. The SMILES string of the molecule is OCc1cc(C(F)(F)F)ccc1-c1ccccc1OC(F)(F)F. The van der Waals surface area contributed by atoms with Crippen LogP contribution in [0.1, 0.15) is 11.1 Å². The van der Waals surface area contributed by atoms with Gasteiger partial charge in [-0.1, -0.05) is 24.3 Å². The molecule has 2 aromatic rings. The van der Waals surface area contributed by atoms with Gasteiger partial charge in [0.25, 0.3) is 0 Å². The molecule has 0 radical (unpaired) electrons. The number of ether oxygens (including phenoxy) is 1. The van der Waals surface area contributed by atoms with Crippen LogP contribution in [0.4, 0.5) is 26.3 Å². The first kappa shape index (κ1) is 17.1. The van der Waals surface area contributed by atoms with E-state index in [4.69, 9.17) is 0 Å². The van der Waals surface area contributed by atoms with Crippen LogP contribution in [0.3, 0.4) is 0 Å². The highest BCUT2D eigenvalue weighted by Crippen LogP contribution is 2.38. The van der Waals surface area contributed by atoms with Crippen LogP contribution in [0.2, 0.25) is 0 Å². The smallest absolute Gasteiger partial charge is 0.405 e. The second kappa shape index (κ2) is 6.11. The molecule has 0 aliphatic carbocycles. The van der Waals surface area contributed by atoms with E-state index in [1.807, 2.05) is 0 Å². The summed E-state index contributed by atoms with van der Waals surface area (Å²) < 4.78 is 79.2. The topological polar surface area (TPSA) is 29.5 Å². The van der Waals surface area contributed by atoms with Crippen LogP contribution in [-0.2, 0) is 12.8 Å². The molecule has 2 aromatic carbocycles. The van der Waals surface area contributed by atoms with Gasteiger partial charge < -0.3 is 9.84 Å². The second-order valence-electron chi connectivity index (χ2n) is 4.57. The average Bonchev–Trinajstić information content (AvgIpc) is 2.44. The number of benzene rings is 2. The Bertz CT molecular complexity index is 691. The van der Waals surface area contributed by atoms with E-state index in [0.717, 1.165) is 18.2 Å². The molecule has 0 fully saturated rings. The normalized spacial score (nSPS) is 12.3. The van der Waals surface area contributed by atoms with Gasteiger partial charge in [0.1, 0.15) is 5.75 Å². The Hall–Kier alpha value is -2.22. The molecule has 1 N–H and O–H groups in total. The molecule has 2 rings (SSSR count). The van der Waals surface area contributed by atoms with Crippen LogP contribution in [0.5, 0.6) is 5.75 Å². The number of para-hydroxylation sites is 1. The monoisotopic (exact) mass is 336 g/mol. The van der Waals surface area contributed by atoms with Gasteiger partial charge in [0.05, 0.1) is 12.2 Å². The fourth-order valence-corrected chi connectivity index (χ4v) is 2.07. The summed E-state index contributed by atoms with van der Waals surface area (Å²) in [4.78, 5) is 0. The van der Waals surface area contributed by atoms with Crippen molar-refractivity contribution in [2.24, 2.45) is 0 Å². The minimum absolute atomic E-state index is 0.0281. The number of aliphatic hydroxyl groups excluding tert-OH is 1. The summed E-state index contributed by atoms with van der Waals surface area (Å²) in [5.41, 5.74) is -1.19. The van der Waals surface area contributed by atoms with Crippen molar-refractivity contribution < 1.29 is 36.2 Å². The van der Waals surface area contributed by atoms with E-state index in [0.29, 0.717) is 6.07 Å². The number of hydrogen-bond acceptors (Lipinski definition) is 2. The minimum atomic E-state index is -4.94. The summed E-state index contributed by atoms with van der Waals surface area (Å²) in [6.45, 7) is -0.764. The zero-order valence-corrected chi connectivity index (χ0v) is 11.4. The van der Waals surface area contributed by atoms with Crippen LogP contribution in [0.15, 0.2) is 42.5 Å². The third-order valence-electron chi connectivity index (χ3n) is 3.01. The summed E-state index contributed by atoms with van der Waals surface area (Å²) in [6.07, 6.45) is -9.56. The fourth-order valence-electron chi connectivity index (χ4n) is 2.07. The van der Waals surface area contributed by atoms with Gasteiger partial charge in [-0.15, -0.1) is 13.2 Å². The molecular formula is C15H10F6O2. The quantitative estimate of drug-likeness (QED) is 0.819. The van der Waals surface area contributed by atoms with Crippen LogP contribution in [-0.4, -0.2) is 11.5 Å². The molecule has 23 heavy (non-hydrogen) atoms. The van der Waals surface area contributed by atoms with Gasteiger partial charge in [-0.05, 0) is 29.3 Å². The lowest BCUT2D eigenvalue weighted by Crippen LogP contribution is -2.17. The summed E-state index contributed by atoms with van der Waals surface area (Å²) in [5, 5.41) is 9.26. The summed E-state index contributed by atoms with van der Waals surface area (Å²) >= 11 is 0. The molecule has 0 atom stereocenters. The summed E-state index contributed by atoms with van der Waals surface area (Å²) in [5.74, 6) is -0.561. The average molecular weight is 336 g/mol. The zero-order valence-electron chi connectivity index (χ0n) is 11.4. The maximum Gasteiger partial charge on any atom is 0.573 e. The number of rotatable bonds is 3. The molecular weight excluding hydrogens is 326 g/mol. The van der Waals surface area contributed by atoms with Crippen molar-refractivity contribution in [2.75, 3.05) is 0 Å². The first-order valence-electron chi connectivity index (χ1n) is 6.28. The van der Waals surface area contributed by atoms with Crippen molar-refractivity contribution in [3.05, 3.63) is 53.6 Å². The van der Waals surface area contributed by atoms with E-state index in [2.05, 4.69) is 4.74 Å². The first-order chi connectivity index (χ1) is 10.6. The van der Waals surface area contributed by atoms with Gasteiger partial charge in [0.2, 0.25) is 0 Å². The lowest BCUT2D eigenvalue weighted by molar-refractivity contribution is -0.274. The second-order valence-corrected chi connectivity index (χ2v) is 4.57. The molecule has 0 aliphatic rings. The van der Waals surface area contributed by atoms with E-state index in [1.165, 1.54) is 18.2 Å². The Morgan fingerprint density at radius 1 is 0.870 bits per heavy atom. The highest BCUT2D eigenvalue weighted by atomic mass is 19.4. The van der Waals surface area contributed by atoms with Crippen LogP contribution < -0.4 is 4.74 Å². The molecule has 0 unspecified atom stereocenters. The van der Waals surface area contributed by atoms with Crippen molar-refractivity contribution in [1.82, 2.24) is 0 Å². The summed E-state index contributed by atoms with van der Waals surface area (Å²) in [7, 11) is 0. The van der Waals surface area contributed by atoms with Crippen molar-refractivity contribution in [2.45, 2.75) is 19.1 Å². The molecule has 0 spiro atoms. The van der Waals surface area contributed by atoms with Gasteiger partial charge in [-0.2, -0.15) is 13.2 Å². The minimum Gasteiger partial charge on any atom is -0.405 e. The number of hydrogen-bond donors (Lipinski definition) is 1. The maximum atomic E-state index is 12.7. The molecule has 0 amide bonds. The van der Waals surface area contributed by atoms with Crippen molar-refractivity contribution in [3.8, 4) is 16.9 Å². The Balaban J connectivity index is 2.55. The van der Waals surface area contributed by atoms with E-state index < -0.39 is 30.5 Å². The lowest BCUT2D eigenvalue weighted by atomic mass is 9.97. The third-order valence-corrected chi connectivity index (χ3v) is 3.01. The van der Waals surface area contributed by atoms with Crippen LogP contribution >= 0.6 is 0 Å². The van der Waals surface area contributed by atoms with E-state index in [9.17, 15) is 31.4 Å². The Kier molecular flexibility index (Phi) is 4.56. The lowest BCUT2D eigenvalue weighted by Gasteiger charge is -2.16. The molecule has 0 aliphatic heterocycles. The van der Waals surface area contributed by atoms with Gasteiger partial charge in [0, 0.05) is 5.56 Å². The van der Waals surface area contributed by atoms with E-state index >= 15 is 0 Å². The van der Waals surface area contributed by atoms with Crippen LogP contribution in [0, 0.1) is 0 Å². The predicted octanol–water partition coefficient (Wildman–Crippen LogP) is 4.76. The largest absolute Gasteiger partial charge is 0.573 e. The highest BCUT2D eigenvalue weighted by molar-refractivity contribution is 5.73. The molecule has 124 valence electrons. The van der Waals surface area contributed by atoms with Crippen molar-refractivity contribution in [3.63, 3.8) is 0 Å². The van der Waals surface area contributed by atoms with Gasteiger partial charge in [-0.3, -0.25) is 0 Å². The molecule has 0 saturated carbocycles. The van der Waals surface area contributed by atoms with Gasteiger partial charge >= 0.3 is 12.5 Å². The van der Waals surface area contributed by atoms with Crippen molar-refractivity contribution in [1.29, 1.82) is 0 Å². The predicted molar refractivity (Wildman–Crippen MR) is 69.5 cm³/mol. The molecule has 0 heterocycles. The standard InChI is InChI=1S/C15H10F6O2/c16-14(17,18)10-5-6-11(9(7-10)8-22)12-3-1-2-4-13(12)23-15(19,20)21/h1-7,22H,8H2. The maximum absolute atomic E-state index is 12.7. The number of alkyl halides is 6. The Morgan fingerprint density at radius 2 is 1.52 bits per heavy atom. The molecule has 2 nitrogen and oxygen atoms in total.